The smallest absolute Gasteiger partial charge is 0.303 e. The lowest BCUT2D eigenvalue weighted by Gasteiger charge is -2.44. The molecule has 0 saturated carbocycles. The van der Waals surface area contributed by atoms with Crippen molar-refractivity contribution in [2.45, 2.75) is 63.0 Å². The van der Waals surface area contributed by atoms with Gasteiger partial charge in [-0.2, -0.15) is 0 Å². The van der Waals surface area contributed by atoms with E-state index in [2.05, 4.69) is 20.5 Å². The summed E-state index contributed by atoms with van der Waals surface area (Å²) in [6.45, 7) is 4.39. The minimum absolute atomic E-state index is 0.286. The monoisotopic (exact) mass is 486 g/mol. The van der Waals surface area contributed by atoms with E-state index >= 15 is 0 Å². The molecule has 0 spiro atoms. The summed E-state index contributed by atoms with van der Waals surface area (Å²) >= 11 is 4.00. The van der Waals surface area contributed by atoms with Gasteiger partial charge < -0.3 is 29.4 Å². The largest absolute Gasteiger partial charge is 0.463 e. The Labute approximate surface area is 174 Å². The van der Waals surface area contributed by atoms with Crippen LogP contribution in [-0.2, 0) is 42.9 Å². The van der Waals surface area contributed by atoms with Crippen molar-refractivity contribution in [1.29, 1.82) is 0 Å². The second-order valence-corrected chi connectivity index (χ2v) is 7.44. The number of hydrogen-bond acceptors (Lipinski definition) is 12. The number of carbonyl (C=O) groups excluding carboxylic acids is 4. The van der Waals surface area contributed by atoms with Crippen LogP contribution in [0, 0.1) is 0 Å². The van der Waals surface area contributed by atoms with E-state index in [4.69, 9.17) is 29.4 Å². The van der Waals surface area contributed by atoms with E-state index in [1.807, 2.05) is 0 Å². The summed E-state index contributed by atoms with van der Waals surface area (Å²) in [5.41, 5.74) is 4.21. The zero-order chi connectivity index (χ0) is 21.4. The Hall–Kier alpha value is -1.41. The van der Waals surface area contributed by atoms with Gasteiger partial charge in [-0.25, -0.2) is 4.34 Å². The number of halogens is 1. The van der Waals surface area contributed by atoms with Crippen LogP contribution in [0.5, 0.6) is 0 Å². The molecule has 0 aromatic carbocycles. The standard InChI is InChI=1S/C15H23BrN2O9S/c1-6(19)23-5-10-11(24-7(2)20)12(25-8(3)21)13(26-9(4)22)14(27-10)28-15(17)18-16/h10-15,18H,5,17H2,1-4H3. The van der Waals surface area contributed by atoms with Crippen LogP contribution in [0.25, 0.3) is 0 Å². The van der Waals surface area contributed by atoms with Crippen LogP contribution in [0.2, 0.25) is 0 Å². The summed E-state index contributed by atoms with van der Waals surface area (Å²) in [6.07, 6.45) is -4.53. The fraction of sp³-hybridized carbons (Fsp3) is 0.733. The van der Waals surface area contributed by atoms with E-state index in [0.717, 1.165) is 25.6 Å². The van der Waals surface area contributed by atoms with Gasteiger partial charge >= 0.3 is 23.9 Å². The summed E-state index contributed by atoms with van der Waals surface area (Å²) in [5.74, 6) is -2.64. The van der Waals surface area contributed by atoms with Gasteiger partial charge in [-0.15, -0.1) is 0 Å². The summed E-state index contributed by atoms with van der Waals surface area (Å²) in [6, 6.07) is 0. The SMILES string of the molecule is CC(=O)OCC1OC(SC(N)NBr)C(OC(C)=O)C(OC(C)=O)C1OC(C)=O. The topological polar surface area (TPSA) is 152 Å². The van der Waals surface area contributed by atoms with E-state index < -0.39 is 59.2 Å². The van der Waals surface area contributed by atoms with Crippen molar-refractivity contribution >= 4 is 51.8 Å². The summed E-state index contributed by atoms with van der Waals surface area (Å²) in [4.78, 5) is 46.1. The maximum Gasteiger partial charge on any atom is 0.303 e. The molecule has 1 rings (SSSR count). The van der Waals surface area contributed by atoms with Gasteiger partial charge in [0.1, 0.15) is 23.6 Å². The lowest BCUT2D eigenvalue weighted by molar-refractivity contribution is -0.237. The van der Waals surface area contributed by atoms with E-state index in [-0.39, 0.29) is 6.61 Å². The van der Waals surface area contributed by atoms with Crippen LogP contribution < -0.4 is 10.1 Å². The van der Waals surface area contributed by atoms with Crippen molar-refractivity contribution < 1.29 is 42.9 Å². The van der Waals surface area contributed by atoms with E-state index in [1.54, 1.807) is 0 Å². The molecule has 1 fully saturated rings. The van der Waals surface area contributed by atoms with Crippen LogP contribution in [0.15, 0.2) is 0 Å². The minimum Gasteiger partial charge on any atom is -0.463 e. The number of thioether (sulfide) groups is 1. The molecule has 1 aliphatic rings. The third-order valence-corrected chi connectivity index (χ3v) is 5.19. The number of nitrogens with one attached hydrogen (secondary N) is 1. The Balaban J connectivity index is 3.28. The highest BCUT2D eigenvalue weighted by molar-refractivity contribution is 9.08. The van der Waals surface area contributed by atoms with Crippen molar-refractivity contribution in [3.05, 3.63) is 0 Å². The van der Waals surface area contributed by atoms with Crippen LogP contribution in [0.3, 0.4) is 0 Å². The quantitative estimate of drug-likeness (QED) is 0.204. The van der Waals surface area contributed by atoms with Crippen LogP contribution in [0.1, 0.15) is 27.7 Å². The molecule has 0 radical (unpaired) electrons. The Bertz CT molecular complexity index is 594. The maximum absolute atomic E-state index is 11.7. The molecule has 1 saturated heterocycles. The van der Waals surface area contributed by atoms with Crippen LogP contribution >= 0.6 is 27.9 Å². The molecular weight excluding hydrogens is 464 g/mol. The van der Waals surface area contributed by atoms with Crippen molar-refractivity contribution in [3.8, 4) is 0 Å². The number of esters is 4. The number of ether oxygens (including phenoxy) is 5. The van der Waals surface area contributed by atoms with Gasteiger partial charge in [-0.05, 0) is 0 Å². The van der Waals surface area contributed by atoms with Gasteiger partial charge in [-0.3, -0.25) is 19.2 Å². The molecule has 6 atom stereocenters. The molecule has 1 heterocycles. The molecular formula is C15H23BrN2O9S. The first-order valence-corrected chi connectivity index (χ1v) is 9.86. The summed E-state index contributed by atoms with van der Waals surface area (Å²) < 4.78 is 29.3. The molecule has 28 heavy (non-hydrogen) atoms. The number of nitrogens with two attached hydrogens (primary N) is 1. The van der Waals surface area contributed by atoms with Crippen molar-refractivity contribution in [3.63, 3.8) is 0 Å². The third-order valence-electron chi connectivity index (χ3n) is 3.34. The Kier molecular flexibility index (Phi) is 10.2. The first kappa shape index (κ1) is 24.6. The molecule has 11 nitrogen and oxygen atoms in total. The van der Waals surface area contributed by atoms with Gasteiger partial charge in [0.15, 0.2) is 18.3 Å². The Morgan fingerprint density at radius 1 is 0.964 bits per heavy atom. The van der Waals surface area contributed by atoms with E-state index in [0.29, 0.717) is 0 Å². The van der Waals surface area contributed by atoms with Gasteiger partial charge in [0, 0.05) is 43.8 Å². The molecule has 1 aliphatic heterocycles. The Morgan fingerprint density at radius 2 is 1.46 bits per heavy atom. The highest BCUT2D eigenvalue weighted by Crippen LogP contribution is 2.35. The fourth-order valence-corrected chi connectivity index (χ4v) is 3.70. The van der Waals surface area contributed by atoms with Crippen LogP contribution in [-0.4, -0.2) is 65.8 Å². The van der Waals surface area contributed by atoms with Gasteiger partial charge in [0.25, 0.3) is 0 Å². The number of carbonyl (C=O) groups is 4. The lowest BCUT2D eigenvalue weighted by atomic mass is 9.99. The predicted molar refractivity (Wildman–Crippen MR) is 99.6 cm³/mol. The number of rotatable bonds is 8. The zero-order valence-corrected chi connectivity index (χ0v) is 18.1. The molecule has 13 heteroatoms. The van der Waals surface area contributed by atoms with Crippen LogP contribution in [0.4, 0.5) is 0 Å². The minimum atomic E-state index is -1.21. The first-order chi connectivity index (χ1) is 13.0. The van der Waals surface area contributed by atoms with E-state index in [1.165, 1.54) is 13.8 Å². The van der Waals surface area contributed by atoms with Gasteiger partial charge in [0.05, 0.1) is 0 Å². The van der Waals surface area contributed by atoms with Gasteiger partial charge in [0.2, 0.25) is 0 Å². The molecule has 0 bridgehead atoms. The molecule has 0 aromatic heterocycles. The van der Waals surface area contributed by atoms with Crippen molar-refractivity contribution in [2.75, 3.05) is 6.61 Å². The average Bonchev–Trinajstić information content (AvgIpc) is 2.57. The molecule has 3 N–H and O–H groups in total. The normalized spacial score (nSPS) is 28.0. The average molecular weight is 487 g/mol. The second kappa shape index (κ2) is 11.6. The van der Waals surface area contributed by atoms with Crippen molar-refractivity contribution in [1.82, 2.24) is 4.34 Å². The van der Waals surface area contributed by atoms with E-state index in [9.17, 15) is 19.2 Å². The fourth-order valence-electron chi connectivity index (χ4n) is 2.47. The first-order valence-electron chi connectivity index (χ1n) is 8.12. The predicted octanol–water partition coefficient (Wildman–Crippen LogP) is -0.0555. The molecule has 0 aliphatic carbocycles. The summed E-state index contributed by atoms with van der Waals surface area (Å²) in [5, 5.41) is 0. The maximum atomic E-state index is 11.7. The Morgan fingerprint density at radius 3 is 1.93 bits per heavy atom. The highest BCUT2D eigenvalue weighted by Gasteiger charge is 2.52. The number of hydrogen-bond donors (Lipinski definition) is 2. The zero-order valence-electron chi connectivity index (χ0n) is 15.7. The summed E-state index contributed by atoms with van der Waals surface area (Å²) in [7, 11) is 0. The second-order valence-electron chi connectivity index (χ2n) is 5.73. The molecule has 0 aromatic rings. The molecule has 160 valence electrons. The third kappa shape index (κ3) is 7.91. The highest BCUT2D eigenvalue weighted by atomic mass is 79.9. The van der Waals surface area contributed by atoms with Crippen molar-refractivity contribution in [2.24, 2.45) is 5.73 Å². The lowest BCUT2D eigenvalue weighted by Crippen LogP contribution is -2.62. The molecule has 6 unspecified atom stereocenters. The molecule has 0 amide bonds. The van der Waals surface area contributed by atoms with Gasteiger partial charge in [-0.1, -0.05) is 11.8 Å².